The Labute approximate surface area is 158 Å². The van der Waals surface area contributed by atoms with E-state index < -0.39 is 29.2 Å². The van der Waals surface area contributed by atoms with Gasteiger partial charge >= 0.3 is 5.97 Å². The molecule has 0 bridgehead atoms. The molecule has 2 aromatic heterocycles. The fourth-order valence-electron chi connectivity index (χ4n) is 2.93. The van der Waals surface area contributed by atoms with E-state index in [-0.39, 0.29) is 24.4 Å². The Balaban J connectivity index is 2.09. The minimum absolute atomic E-state index is 0.0196. The van der Waals surface area contributed by atoms with Crippen molar-refractivity contribution >= 4 is 5.97 Å². The van der Waals surface area contributed by atoms with Gasteiger partial charge in [0.15, 0.2) is 5.69 Å². The van der Waals surface area contributed by atoms with Crippen LogP contribution >= 0.6 is 0 Å². The zero-order valence-electron chi connectivity index (χ0n) is 15.2. The summed E-state index contributed by atoms with van der Waals surface area (Å²) in [6.07, 6.45) is 3.78. The Hall–Kier alpha value is -3.21. The van der Waals surface area contributed by atoms with Gasteiger partial charge < -0.3 is 9.84 Å². The largest absolute Gasteiger partial charge is 0.461 e. The summed E-state index contributed by atoms with van der Waals surface area (Å²) >= 11 is 0. The number of aromatic nitrogens is 6. The van der Waals surface area contributed by atoms with Crippen LogP contribution in [-0.2, 0) is 16.9 Å². The number of benzene rings is 1. The monoisotopic (exact) mass is 392 g/mol. The summed E-state index contributed by atoms with van der Waals surface area (Å²) in [5, 5.41) is 23.0. The van der Waals surface area contributed by atoms with Crippen molar-refractivity contribution < 1.29 is 23.4 Å². The van der Waals surface area contributed by atoms with E-state index in [0.717, 1.165) is 16.8 Å². The van der Waals surface area contributed by atoms with Gasteiger partial charge in [-0.15, -0.1) is 5.10 Å². The maximum atomic E-state index is 14.6. The molecule has 0 unspecified atom stereocenters. The van der Waals surface area contributed by atoms with Gasteiger partial charge in [0.25, 0.3) is 0 Å². The van der Waals surface area contributed by atoms with Crippen LogP contribution < -0.4 is 0 Å². The maximum Gasteiger partial charge on any atom is 0.358 e. The molecule has 0 amide bonds. The standard InChI is InChI=1S/C17H18F2N6O3/c1-3-28-16(26)15-7-21-23-25(15)11(2)17(27,8-24-10-20-9-22-24)13-5-4-12(18)6-14(13)19/h4-7,9-11,27H,3,8H2,1-2H3/t11-,17-/m1/s1. The normalized spacial score (nSPS) is 14.5. The van der Waals surface area contributed by atoms with E-state index >= 15 is 0 Å². The predicted octanol–water partition coefficient (Wildman–Crippen LogP) is 1.47. The molecule has 0 aliphatic heterocycles. The molecular weight excluding hydrogens is 374 g/mol. The molecule has 2 atom stereocenters. The summed E-state index contributed by atoms with van der Waals surface area (Å²) in [5.41, 5.74) is -2.18. The quantitative estimate of drug-likeness (QED) is 0.607. The second-order valence-corrected chi connectivity index (χ2v) is 6.10. The Morgan fingerprint density at radius 1 is 1.39 bits per heavy atom. The number of carbonyl (C=O) groups is 1. The smallest absolute Gasteiger partial charge is 0.358 e. The molecule has 0 saturated heterocycles. The molecule has 0 radical (unpaired) electrons. The van der Waals surface area contributed by atoms with Crippen molar-refractivity contribution in [3.63, 3.8) is 0 Å². The number of carbonyl (C=O) groups excluding carboxylic acids is 1. The van der Waals surface area contributed by atoms with Crippen molar-refractivity contribution in [3.05, 3.63) is 59.9 Å². The first kappa shape index (κ1) is 19.5. The van der Waals surface area contributed by atoms with E-state index in [1.807, 2.05) is 0 Å². The molecule has 1 N–H and O–H groups in total. The lowest BCUT2D eigenvalue weighted by Gasteiger charge is -2.35. The third-order valence-electron chi connectivity index (χ3n) is 4.38. The molecule has 0 saturated carbocycles. The van der Waals surface area contributed by atoms with Crippen molar-refractivity contribution in [3.8, 4) is 0 Å². The lowest BCUT2D eigenvalue weighted by molar-refractivity contribution is -0.0384. The molecule has 28 heavy (non-hydrogen) atoms. The first-order valence-corrected chi connectivity index (χ1v) is 8.44. The second kappa shape index (κ2) is 7.80. The average Bonchev–Trinajstić information content (AvgIpc) is 3.32. The van der Waals surface area contributed by atoms with Gasteiger partial charge in [0.1, 0.15) is 29.9 Å². The summed E-state index contributed by atoms with van der Waals surface area (Å²) in [5.74, 6) is -2.43. The number of halogens is 2. The Morgan fingerprint density at radius 2 is 2.18 bits per heavy atom. The van der Waals surface area contributed by atoms with E-state index in [9.17, 15) is 18.7 Å². The molecule has 2 heterocycles. The minimum Gasteiger partial charge on any atom is -0.461 e. The van der Waals surface area contributed by atoms with Gasteiger partial charge in [-0.25, -0.2) is 27.9 Å². The Bertz CT molecular complexity index is 962. The Kier molecular flexibility index (Phi) is 5.45. The van der Waals surface area contributed by atoms with Crippen molar-refractivity contribution in [2.75, 3.05) is 6.61 Å². The van der Waals surface area contributed by atoms with E-state index in [0.29, 0.717) is 6.07 Å². The molecule has 3 aromatic rings. The van der Waals surface area contributed by atoms with Crippen LogP contribution in [0.15, 0.2) is 37.1 Å². The molecule has 0 aliphatic rings. The second-order valence-electron chi connectivity index (χ2n) is 6.10. The molecule has 0 aliphatic carbocycles. The molecule has 9 nitrogen and oxygen atoms in total. The molecule has 0 spiro atoms. The highest BCUT2D eigenvalue weighted by molar-refractivity contribution is 5.87. The van der Waals surface area contributed by atoms with Crippen LogP contribution in [0, 0.1) is 11.6 Å². The van der Waals surface area contributed by atoms with Gasteiger partial charge in [-0.1, -0.05) is 11.3 Å². The van der Waals surface area contributed by atoms with Gasteiger partial charge in [-0.3, -0.25) is 0 Å². The molecule has 3 rings (SSSR count). The topological polar surface area (TPSA) is 108 Å². The summed E-state index contributed by atoms with van der Waals surface area (Å²) in [6, 6.07) is 1.84. The Morgan fingerprint density at radius 3 is 2.82 bits per heavy atom. The van der Waals surface area contributed by atoms with Crippen LogP contribution in [0.25, 0.3) is 0 Å². The lowest BCUT2D eigenvalue weighted by Crippen LogP contribution is -2.42. The zero-order chi connectivity index (χ0) is 20.3. The van der Waals surface area contributed by atoms with Crippen molar-refractivity contribution in [1.82, 2.24) is 29.8 Å². The van der Waals surface area contributed by atoms with E-state index in [1.165, 1.54) is 30.5 Å². The van der Waals surface area contributed by atoms with Crippen LogP contribution in [0.3, 0.4) is 0 Å². The number of hydrogen-bond acceptors (Lipinski definition) is 7. The first-order valence-electron chi connectivity index (χ1n) is 8.44. The summed E-state index contributed by atoms with van der Waals surface area (Å²) < 4.78 is 35.4. The van der Waals surface area contributed by atoms with Gasteiger partial charge in [-0.05, 0) is 19.9 Å². The predicted molar refractivity (Wildman–Crippen MR) is 91.0 cm³/mol. The van der Waals surface area contributed by atoms with Crippen LogP contribution in [0.2, 0.25) is 0 Å². The number of aliphatic hydroxyl groups is 1. The fraction of sp³-hybridized carbons (Fsp3) is 0.353. The van der Waals surface area contributed by atoms with E-state index in [2.05, 4.69) is 20.4 Å². The third kappa shape index (κ3) is 3.60. The minimum atomic E-state index is -1.97. The zero-order valence-corrected chi connectivity index (χ0v) is 15.2. The summed E-state index contributed by atoms with van der Waals surface area (Å²) in [6.45, 7) is 3.06. The summed E-state index contributed by atoms with van der Waals surface area (Å²) in [7, 11) is 0. The summed E-state index contributed by atoms with van der Waals surface area (Å²) in [4.78, 5) is 16.0. The SMILES string of the molecule is CCOC(=O)c1cnnn1[C@H](C)[C@](O)(Cn1cncn1)c1ccc(F)cc1F. The van der Waals surface area contributed by atoms with Gasteiger partial charge in [0.2, 0.25) is 0 Å². The van der Waals surface area contributed by atoms with Crippen LogP contribution in [0.4, 0.5) is 8.78 Å². The van der Waals surface area contributed by atoms with Crippen molar-refractivity contribution in [2.45, 2.75) is 32.0 Å². The van der Waals surface area contributed by atoms with Gasteiger partial charge in [0, 0.05) is 11.6 Å². The van der Waals surface area contributed by atoms with E-state index in [1.54, 1.807) is 6.92 Å². The van der Waals surface area contributed by atoms with Crippen molar-refractivity contribution in [2.24, 2.45) is 0 Å². The third-order valence-corrected chi connectivity index (χ3v) is 4.38. The van der Waals surface area contributed by atoms with Crippen LogP contribution in [-0.4, -0.2) is 47.4 Å². The highest BCUT2D eigenvalue weighted by Gasteiger charge is 2.42. The number of hydrogen-bond donors (Lipinski definition) is 1. The number of ether oxygens (including phenoxy) is 1. The molecular formula is C17H18F2N6O3. The van der Waals surface area contributed by atoms with Gasteiger partial charge in [0.05, 0.1) is 25.4 Å². The molecule has 0 fully saturated rings. The van der Waals surface area contributed by atoms with E-state index in [4.69, 9.17) is 4.74 Å². The first-order chi connectivity index (χ1) is 13.4. The van der Waals surface area contributed by atoms with Crippen molar-refractivity contribution in [1.29, 1.82) is 0 Å². The van der Waals surface area contributed by atoms with Crippen LogP contribution in [0.5, 0.6) is 0 Å². The molecule has 148 valence electrons. The number of rotatable bonds is 7. The lowest BCUT2D eigenvalue weighted by atomic mass is 9.86. The fourth-order valence-corrected chi connectivity index (χ4v) is 2.93. The highest BCUT2D eigenvalue weighted by Crippen LogP contribution is 2.36. The van der Waals surface area contributed by atoms with Gasteiger partial charge in [-0.2, -0.15) is 5.10 Å². The highest BCUT2D eigenvalue weighted by atomic mass is 19.1. The molecule has 1 aromatic carbocycles. The maximum absolute atomic E-state index is 14.6. The molecule has 11 heteroatoms. The van der Waals surface area contributed by atoms with Crippen LogP contribution in [0.1, 0.15) is 35.9 Å². The number of esters is 1. The average molecular weight is 392 g/mol. The number of nitrogens with zero attached hydrogens (tertiary/aromatic N) is 6.